The van der Waals surface area contributed by atoms with Crippen LogP contribution in [0.15, 0.2) is 54.7 Å². The van der Waals surface area contributed by atoms with Crippen LogP contribution in [0.2, 0.25) is 0 Å². The summed E-state index contributed by atoms with van der Waals surface area (Å²) in [4.78, 5) is 18.8. The minimum Gasteiger partial charge on any atom is -0.372 e. The van der Waals surface area contributed by atoms with Gasteiger partial charge >= 0.3 is 0 Å². The number of benzene rings is 1. The highest BCUT2D eigenvalue weighted by Crippen LogP contribution is 2.30. The van der Waals surface area contributed by atoms with Gasteiger partial charge in [-0.25, -0.2) is 9.97 Å². The van der Waals surface area contributed by atoms with Gasteiger partial charge in [-0.1, -0.05) is 31.2 Å². The van der Waals surface area contributed by atoms with Crippen LogP contribution in [0.3, 0.4) is 0 Å². The fraction of sp³-hybridized carbons (Fsp3) is 0.318. The molecule has 0 saturated heterocycles. The monoisotopic (exact) mass is 359 g/mol. The molecule has 4 rings (SSSR count). The van der Waals surface area contributed by atoms with Gasteiger partial charge in [0.15, 0.2) is 5.82 Å². The number of anilines is 2. The first-order valence-electron chi connectivity index (χ1n) is 9.50. The number of aryl methyl sites for hydroxylation is 1. The maximum Gasteiger partial charge on any atom is 0.180 e. The van der Waals surface area contributed by atoms with E-state index in [1.165, 1.54) is 11.3 Å². The highest BCUT2D eigenvalue weighted by molar-refractivity contribution is 5.59. The quantitative estimate of drug-likeness (QED) is 0.709. The van der Waals surface area contributed by atoms with Crippen LogP contribution in [0.1, 0.15) is 25.1 Å². The van der Waals surface area contributed by atoms with E-state index in [1.54, 1.807) is 6.20 Å². The molecule has 0 unspecified atom stereocenters. The third-order valence-electron chi connectivity index (χ3n) is 5.13. The van der Waals surface area contributed by atoms with Gasteiger partial charge in [-0.05, 0) is 37.1 Å². The van der Waals surface area contributed by atoms with Crippen LogP contribution < -0.4 is 9.80 Å². The van der Waals surface area contributed by atoms with Crippen molar-refractivity contribution >= 4 is 11.5 Å². The molecule has 0 spiro atoms. The van der Waals surface area contributed by atoms with Crippen molar-refractivity contribution in [1.82, 2.24) is 15.0 Å². The van der Waals surface area contributed by atoms with Gasteiger partial charge in [0.2, 0.25) is 0 Å². The van der Waals surface area contributed by atoms with Crippen LogP contribution in [0.5, 0.6) is 0 Å². The van der Waals surface area contributed by atoms with Crippen molar-refractivity contribution in [3.8, 4) is 11.5 Å². The zero-order valence-corrected chi connectivity index (χ0v) is 16.1. The zero-order valence-electron chi connectivity index (χ0n) is 16.1. The first-order chi connectivity index (χ1) is 13.2. The minimum atomic E-state index is 0.332. The Morgan fingerprint density at radius 1 is 1.07 bits per heavy atom. The van der Waals surface area contributed by atoms with E-state index >= 15 is 0 Å². The van der Waals surface area contributed by atoms with Crippen LogP contribution in [0, 0.1) is 0 Å². The third kappa shape index (κ3) is 3.50. The summed E-state index contributed by atoms with van der Waals surface area (Å²) in [6, 6.07) is 16.9. The molecular formula is C22H25N5. The molecule has 138 valence electrons. The molecule has 0 aliphatic carbocycles. The Morgan fingerprint density at radius 2 is 1.89 bits per heavy atom. The van der Waals surface area contributed by atoms with Gasteiger partial charge in [0.25, 0.3) is 0 Å². The summed E-state index contributed by atoms with van der Waals surface area (Å²) < 4.78 is 0. The Labute approximate surface area is 160 Å². The minimum absolute atomic E-state index is 0.332. The molecule has 1 aliphatic heterocycles. The van der Waals surface area contributed by atoms with E-state index in [1.807, 2.05) is 18.2 Å². The van der Waals surface area contributed by atoms with Crippen molar-refractivity contribution in [2.45, 2.75) is 32.9 Å². The van der Waals surface area contributed by atoms with Crippen molar-refractivity contribution in [3.63, 3.8) is 0 Å². The SMILES string of the molecule is CCc1cc(N2Cc3ccccc3N(C)C[C@@H]2C)nc(-c2ccccn2)n1. The number of fused-ring (bicyclic) bond motifs is 1. The third-order valence-corrected chi connectivity index (χ3v) is 5.13. The lowest BCUT2D eigenvalue weighted by molar-refractivity contribution is 0.635. The fourth-order valence-corrected chi connectivity index (χ4v) is 3.68. The van der Waals surface area contributed by atoms with Crippen molar-refractivity contribution in [2.75, 3.05) is 23.4 Å². The molecular weight excluding hydrogens is 334 g/mol. The number of pyridine rings is 1. The summed E-state index contributed by atoms with van der Waals surface area (Å²) in [6.45, 7) is 6.17. The van der Waals surface area contributed by atoms with E-state index in [0.717, 1.165) is 36.7 Å². The number of hydrogen-bond donors (Lipinski definition) is 0. The Hall–Kier alpha value is -2.95. The molecule has 5 heteroatoms. The molecule has 0 bridgehead atoms. The lowest BCUT2D eigenvalue weighted by atomic mass is 10.1. The summed E-state index contributed by atoms with van der Waals surface area (Å²) in [7, 11) is 2.16. The number of para-hydroxylation sites is 1. The highest BCUT2D eigenvalue weighted by Gasteiger charge is 2.25. The standard InChI is InChI=1S/C22H25N5/c1-4-18-13-21(25-22(24-18)19-10-7-8-12-23-19)27-15-17-9-5-6-11-20(17)26(3)14-16(27)2/h5-13,16H,4,14-15H2,1-3H3/t16-/m0/s1. The molecule has 0 N–H and O–H groups in total. The van der Waals surface area contributed by atoms with Crippen molar-refractivity contribution in [2.24, 2.45) is 0 Å². The molecule has 27 heavy (non-hydrogen) atoms. The Bertz CT molecular complexity index is 925. The number of nitrogens with zero attached hydrogens (tertiary/aromatic N) is 5. The number of aromatic nitrogens is 3. The highest BCUT2D eigenvalue weighted by atomic mass is 15.3. The smallest absolute Gasteiger partial charge is 0.180 e. The lowest BCUT2D eigenvalue weighted by Crippen LogP contribution is -2.38. The topological polar surface area (TPSA) is 45.2 Å². The second-order valence-corrected chi connectivity index (χ2v) is 7.10. The first kappa shape index (κ1) is 17.5. The fourth-order valence-electron chi connectivity index (χ4n) is 3.68. The van der Waals surface area contributed by atoms with Crippen LogP contribution >= 0.6 is 0 Å². The van der Waals surface area contributed by atoms with E-state index in [2.05, 4.69) is 66.0 Å². The van der Waals surface area contributed by atoms with Crippen LogP contribution in [-0.2, 0) is 13.0 Å². The van der Waals surface area contributed by atoms with Gasteiger partial charge in [-0.2, -0.15) is 0 Å². The lowest BCUT2D eigenvalue weighted by Gasteiger charge is -2.30. The van der Waals surface area contributed by atoms with Gasteiger partial charge in [-0.15, -0.1) is 0 Å². The van der Waals surface area contributed by atoms with Gasteiger partial charge in [0, 0.05) is 49.8 Å². The number of hydrogen-bond acceptors (Lipinski definition) is 5. The van der Waals surface area contributed by atoms with E-state index in [9.17, 15) is 0 Å². The molecule has 1 atom stereocenters. The molecule has 3 aromatic rings. The molecule has 0 saturated carbocycles. The predicted molar refractivity (Wildman–Crippen MR) is 110 cm³/mol. The molecule has 1 aromatic carbocycles. The normalized spacial score (nSPS) is 16.8. The Balaban J connectivity index is 1.78. The largest absolute Gasteiger partial charge is 0.372 e. The van der Waals surface area contributed by atoms with E-state index in [0.29, 0.717) is 11.9 Å². The van der Waals surface area contributed by atoms with Crippen molar-refractivity contribution in [3.05, 3.63) is 66.0 Å². The second kappa shape index (κ2) is 7.35. The van der Waals surface area contributed by atoms with Gasteiger partial charge in [-0.3, -0.25) is 4.98 Å². The van der Waals surface area contributed by atoms with Gasteiger partial charge in [0.1, 0.15) is 11.5 Å². The predicted octanol–water partition coefficient (Wildman–Crippen LogP) is 3.95. The maximum absolute atomic E-state index is 4.90. The Morgan fingerprint density at radius 3 is 2.67 bits per heavy atom. The van der Waals surface area contributed by atoms with Crippen LogP contribution in [0.4, 0.5) is 11.5 Å². The van der Waals surface area contributed by atoms with Gasteiger partial charge in [0.05, 0.1) is 0 Å². The number of likely N-dealkylation sites (N-methyl/N-ethyl adjacent to an activating group) is 1. The van der Waals surface area contributed by atoms with Crippen molar-refractivity contribution in [1.29, 1.82) is 0 Å². The van der Waals surface area contributed by atoms with E-state index < -0.39 is 0 Å². The van der Waals surface area contributed by atoms with Crippen LogP contribution in [0.25, 0.3) is 11.5 Å². The maximum atomic E-state index is 4.90. The van der Waals surface area contributed by atoms with E-state index in [-0.39, 0.29) is 0 Å². The van der Waals surface area contributed by atoms with Crippen LogP contribution in [-0.4, -0.2) is 34.6 Å². The summed E-state index contributed by atoms with van der Waals surface area (Å²) in [5, 5.41) is 0. The summed E-state index contributed by atoms with van der Waals surface area (Å²) in [5.74, 6) is 1.67. The van der Waals surface area contributed by atoms with E-state index in [4.69, 9.17) is 9.97 Å². The molecule has 0 fully saturated rings. The summed E-state index contributed by atoms with van der Waals surface area (Å²) >= 11 is 0. The zero-order chi connectivity index (χ0) is 18.8. The summed E-state index contributed by atoms with van der Waals surface area (Å²) in [5.41, 5.74) is 4.47. The average molecular weight is 359 g/mol. The molecule has 0 radical (unpaired) electrons. The summed E-state index contributed by atoms with van der Waals surface area (Å²) in [6.07, 6.45) is 2.66. The number of rotatable bonds is 3. The second-order valence-electron chi connectivity index (χ2n) is 7.10. The molecule has 0 amide bonds. The molecule has 2 aromatic heterocycles. The van der Waals surface area contributed by atoms with Gasteiger partial charge < -0.3 is 9.80 Å². The Kier molecular flexibility index (Phi) is 4.75. The first-order valence-corrected chi connectivity index (χ1v) is 9.50. The molecule has 1 aliphatic rings. The van der Waals surface area contributed by atoms with Crippen molar-refractivity contribution < 1.29 is 0 Å². The average Bonchev–Trinajstić information content (AvgIpc) is 2.84. The molecule has 3 heterocycles. The molecule has 5 nitrogen and oxygen atoms in total.